The number of carbonyl (C=O) groups is 1. The van der Waals surface area contributed by atoms with E-state index in [-0.39, 0.29) is 5.97 Å². The minimum atomic E-state index is 0.0483. The van der Waals surface area contributed by atoms with Gasteiger partial charge in [-0.1, -0.05) is 213 Å². The van der Waals surface area contributed by atoms with Gasteiger partial charge in [0.1, 0.15) is 0 Å². The molecule has 0 radical (unpaired) electrons. The van der Waals surface area contributed by atoms with Crippen molar-refractivity contribution in [3.8, 4) is 0 Å². The lowest BCUT2D eigenvalue weighted by atomic mass is 9.94. The Bertz CT molecular complexity index is 502. The Hall–Kier alpha value is -0.530. The average Bonchev–Trinajstić information content (AvgIpc) is 3.00. The summed E-state index contributed by atoms with van der Waals surface area (Å²) in [4.78, 5) is 12.3. The van der Waals surface area contributed by atoms with Gasteiger partial charge >= 0.3 is 5.97 Å². The maximum atomic E-state index is 12.3. The lowest BCUT2D eigenvalue weighted by molar-refractivity contribution is -0.145. The van der Waals surface area contributed by atoms with E-state index < -0.39 is 0 Å². The number of hydrogen-bond donors (Lipinski definition) is 0. The van der Waals surface area contributed by atoms with Crippen LogP contribution in [0.5, 0.6) is 0 Å². The van der Waals surface area contributed by atoms with Gasteiger partial charge in [0.15, 0.2) is 0 Å². The first-order valence-corrected chi connectivity index (χ1v) is 19.9. The fourth-order valence-electron chi connectivity index (χ4n) is 6.37. The smallest absolute Gasteiger partial charge is 0.305 e. The molecule has 2 nitrogen and oxygen atoms in total. The van der Waals surface area contributed by atoms with Crippen molar-refractivity contribution in [3.05, 3.63) is 0 Å². The fourth-order valence-corrected chi connectivity index (χ4v) is 6.37. The third-order valence-corrected chi connectivity index (χ3v) is 9.40. The van der Waals surface area contributed by atoms with Crippen LogP contribution in [-0.4, -0.2) is 12.6 Å². The van der Waals surface area contributed by atoms with Gasteiger partial charge in [-0.25, -0.2) is 0 Å². The van der Waals surface area contributed by atoms with E-state index in [4.69, 9.17) is 4.74 Å². The number of esters is 1. The molecule has 1 atom stereocenters. The summed E-state index contributed by atoms with van der Waals surface area (Å²) in [7, 11) is 0. The topological polar surface area (TPSA) is 26.3 Å². The number of ether oxygens (including phenoxy) is 1. The van der Waals surface area contributed by atoms with Crippen LogP contribution < -0.4 is 0 Å². The first-order valence-electron chi connectivity index (χ1n) is 19.9. The average molecular weight is 593 g/mol. The summed E-state index contributed by atoms with van der Waals surface area (Å²) < 4.78 is 5.80. The van der Waals surface area contributed by atoms with Gasteiger partial charge in [-0.15, -0.1) is 0 Å². The molecular weight excluding hydrogens is 512 g/mol. The highest BCUT2D eigenvalue weighted by Gasteiger charge is 2.12. The summed E-state index contributed by atoms with van der Waals surface area (Å²) in [5.41, 5.74) is 0. The molecule has 0 saturated heterocycles. The van der Waals surface area contributed by atoms with Crippen molar-refractivity contribution in [2.24, 2.45) is 5.92 Å². The van der Waals surface area contributed by atoms with Crippen molar-refractivity contribution in [1.82, 2.24) is 0 Å². The van der Waals surface area contributed by atoms with Crippen LogP contribution in [0, 0.1) is 5.92 Å². The molecule has 0 heterocycles. The Morgan fingerprint density at radius 2 is 0.643 bits per heavy atom. The molecule has 0 fully saturated rings. The van der Waals surface area contributed by atoms with E-state index in [9.17, 15) is 4.79 Å². The van der Waals surface area contributed by atoms with Gasteiger partial charge in [-0.3, -0.25) is 4.79 Å². The van der Waals surface area contributed by atoms with Crippen molar-refractivity contribution in [3.63, 3.8) is 0 Å². The normalized spacial score (nSPS) is 12.2. The summed E-state index contributed by atoms with van der Waals surface area (Å²) in [5, 5.41) is 0. The molecule has 0 aromatic carbocycles. The zero-order valence-electron chi connectivity index (χ0n) is 29.6. The van der Waals surface area contributed by atoms with Gasteiger partial charge in [0.2, 0.25) is 0 Å². The molecule has 252 valence electrons. The molecule has 0 aliphatic rings. The van der Waals surface area contributed by atoms with Crippen molar-refractivity contribution in [1.29, 1.82) is 0 Å². The summed E-state index contributed by atoms with van der Waals surface area (Å²) in [6, 6.07) is 0. The number of carbonyl (C=O) groups excluding carboxylic acids is 1. The summed E-state index contributed by atoms with van der Waals surface area (Å²) >= 11 is 0. The van der Waals surface area contributed by atoms with E-state index in [1.807, 2.05) is 0 Å². The Kier molecular flexibility index (Phi) is 36.2. The molecule has 1 unspecified atom stereocenters. The second-order valence-electron chi connectivity index (χ2n) is 13.8. The highest BCUT2D eigenvalue weighted by atomic mass is 16.5. The molecule has 2 heteroatoms. The van der Waals surface area contributed by atoms with E-state index >= 15 is 0 Å². The predicted octanol–water partition coefficient (Wildman–Crippen LogP) is 14.5. The van der Waals surface area contributed by atoms with Gasteiger partial charge in [-0.2, -0.15) is 0 Å². The van der Waals surface area contributed by atoms with Gasteiger partial charge < -0.3 is 4.74 Å². The van der Waals surface area contributed by atoms with Crippen molar-refractivity contribution < 1.29 is 9.53 Å². The molecule has 0 bridgehead atoms. The minimum absolute atomic E-state index is 0.0483. The van der Waals surface area contributed by atoms with Crippen molar-refractivity contribution >= 4 is 5.97 Å². The first-order chi connectivity index (χ1) is 20.7. The van der Waals surface area contributed by atoms with Gasteiger partial charge in [0.05, 0.1) is 6.61 Å². The summed E-state index contributed by atoms with van der Waals surface area (Å²) in [6.07, 6.45) is 45.7. The largest absolute Gasteiger partial charge is 0.465 e. The van der Waals surface area contributed by atoms with Crippen LogP contribution in [0.1, 0.15) is 239 Å². The molecular formula is C40H80O2. The number of rotatable bonds is 36. The number of hydrogen-bond acceptors (Lipinski definition) is 2. The Morgan fingerprint density at radius 3 is 0.952 bits per heavy atom. The molecule has 0 N–H and O–H groups in total. The SMILES string of the molecule is CCCCCCCCCCCCCCCCC(CCCCCCCCCCCCCC)COC(=O)CCCCCCC. The van der Waals surface area contributed by atoms with Crippen LogP contribution in [-0.2, 0) is 9.53 Å². The number of unbranched alkanes of at least 4 members (excludes halogenated alkanes) is 28. The maximum absolute atomic E-state index is 12.3. The van der Waals surface area contributed by atoms with Crippen LogP contribution in [0.25, 0.3) is 0 Å². The Balaban J connectivity index is 3.96. The van der Waals surface area contributed by atoms with E-state index in [0.29, 0.717) is 18.9 Å². The van der Waals surface area contributed by atoms with Crippen LogP contribution in [0.15, 0.2) is 0 Å². The molecule has 0 rings (SSSR count). The van der Waals surface area contributed by atoms with Gasteiger partial charge in [-0.05, 0) is 25.2 Å². The Morgan fingerprint density at radius 1 is 0.381 bits per heavy atom. The van der Waals surface area contributed by atoms with Crippen molar-refractivity contribution in [2.45, 2.75) is 239 Å². The molecule has 0 saturated carbocycles. The van der Waals surface area contributed by atoms with Crippen molar-refractivity contribution in [2.75, 3.05) is 6.61 Å². The Labute approximate surface area is 266 Å². The van der Waals surface area contributed by atoms with E-state index in [1.54, 1.807) is 0 Å². The van der Waals surface area contributed by atoms with E-state index in [2.05, 4.69) is 20.8 Å². The maximum Gasteiger partial charge on any atom is 0.305 e. The quantitative estimate of drug-likeness (QED) is 0.0534. The molecule has 0 aliphatic heterocycles. The van der Waals surface area contributed by atoms with Gasteiger partial charge in [0, 0.05) is 6.42 Å². The van der Waals surface area contributed by atoms with E-state index in [0.717, 1.165) is 6.42 Å². The van der Waals surface area contributed by atoms with Crippen LogP contribution >= 0.6 is 0 Å². The first kappa shape index (κ1) is 41.5. The molecule has 0 aromatic heterocycles. The summed E-state index contributed by atoms with van der Waals surface area (Å²) in [6.45, 7) is 7.51. The third kappa shape index (κ3) is 34.0. The highest BCUT2D eigenvalue weighted by Crippen LogP contribution is 2.21. The van der Waals surface area contributed by atoms with E-state index in [1.165, 1.54) is 205 Å². The molecule has 0 spiro atoms. The monoisotopic (exact) mass is 593 g/mol. The highest BCUT2D eigenvalue weighted by molar-refractivity contribution is 5.69. The summed E-state index contributed by atoms with van der Waals surface area (Å²) in [5.74, 6) is 0.627. The zero-order chi connectivity index (χ0) is 30.6. The molecule has 0 aliphatic carbocycles. The van der Waals surface area contributed by atoms with Crippen LogP contribution in [0.3, 0.4) is 0 Å². The third-order valence-electron chi connectivity index (χ3n) is 9.40. The lowest BCUT2D eigenvalue weighted by Crippen LogP contribution is -2.14. The zero-order valence-corrected chi connectivity index (χ0v) is 29.6. The minimum Gasteiger partial charge on any atom is -0.465 e. The molecule has 0 amide bonds. The lowest BCUT2D eigenvalue weighted by Gasteiger charge is -2.17. The second-order valence-corrected chi connectivity index (χ2v) is 13.8. The van der Waals surface area contributed by atoms with Crippen LogP contribution in [0.2, 0.25) is 0 Å². The standard InChI is InChI=1S/C40H80O2/c1-4-7-10-13-15-17-19-21-22-24-26-28-31-33-36-39(38-42-40(41)37-34-29-12-9-6-3)35-32-30-27-25-23-20-18-16-14-11-8-5-2/h39H,4-38H2,1-3H3. The predicted molar refractivity (Wildman–Crippen MR) is 188 cm³/mol. The fraction of sp³-hybridized carbons (Fsp3) is 0.975. The van der Waals surface area contributed by atoms with Gasteiger partial charge in [0.25, 0.3) is 0 Å². The molecule has 42 heavy (non-hydrogen) atoms. The van der Waals surface area contributed by atoms with Crippen LogP contribution in [0.4, 0.5) is 0 Å². The second kappa shape index (κ2) is 36.7. The molecule has 0 aromatic rings.